The van der Waals surface area contributed by atoms with Gasteiger partial charge < -0.3 is 0 Å². The summed E-state index contributed by atoms with van der Waals surface area (Å²) in [5, 5.41) is 7.87. The molecule has 0 amide bonds. The smallest absolute Gasteiger partial charge is 0.00987 e. The van der Waals surface area contributed by atoms with Gasteiger partial charge in [-0.1, -0.05) is 124 Å². The summed E-state index contributed by atoms with van der Waals surface area (Å²) in [6.45, 7) is 4.51. The van der Waals surface area contributed by atoms with Gasteiger partial charge in [-0.3, -0.25) is 0 Å². The fourth-order valence-corrected chi connectivity index (χ4v) is 5.71. The van der Waals surface area contributed by atoms with Crippen LogP contribution in [-0.2, 0) is 12.8 Å². The Labute approximate surface area is 227 Å². The number of hydrogen-bond donors (Lipinski definition) is 0. The molecule has 0 aliphatic rings. The number of benzene rings is 6. The molecule has 6 aromatic rings. The number of unbranched alkanes of at least 4 members (excludes halogenated alkanes) is 2. The van der Waals surface area contributed by atoms with Crippen LogP contribution >= 0.6 is 0 Å². The predicted molar refractivity (Wildman–Crippen MR) is 167 cm³/mol. The van der Waals surface area contributed by atoms with Crippen molar-refractivity contribution in [1.82, 2.24) is 0 Å². The quantitative estimate of drug-likeness (QED) is 0.185. The van der Waals surface area contributed by atoms with E-state index in [1.807, 2.05) is 0 Å². The van der Waals surface area contributed by atoms with Crippen LogP contribution < -0.4 is 0 Å². The van der Waals surface area contributed by atoms with Gasteiger partial charge in [0.15, 0.2) is 0 Å². The maximum atomic E-state index is 2.38. The van der Waals surface area contributed by atoms with E-state index < -0.39 is 0 Å². The molecule has 0 atom stereocenters. The second-order valence-corrected chi connectivity index (χ2v) is 10.7. The maximum absolute atomic E-state index is 2.38. The van der Waals surface area contributed by atoms with Crippen LogP contribution in [0.5, 0.6) is 0 Å². The van der Waals surface area contributed by atoms with Gasteiger partial charge in [-0.05, 0) is 104 Å². The number of fused-ring (bicyclic) bond motifs is 5. The van der Waals surface area contributed by atoms with Crippen molar-refractivity contribution in [2.24, 2.45) is 0 Å². The Morgan fingerprint density at radius 3 is 1.13 bits per heavy atom. The summed E-state index contributed by atoms with van der Waals surface area (Å²) in [7, 11) is 0. The highest BCUT2D eigenvalue weighted by atomic mass is 14.1. The summed E-state index contributed by atoms with van der Waals surface area (Å²) in [6.07, 6.45) is 7.30. The van der Waals surface area contributed by atoms with Crippen LogP contribution in [0.15, 0.2) is 109 Å². The van der Waals surface area contributed by atoms with Crippen molar-refractivity contribution in [3.05, 3.63) is 120 Å². The van der Waals surface area contributed by atoms with E-state index in [1.54, 1.807) is 0 Å². The zero-order valence-corrected chi connectivity index (χ0v) is 22.6. The lowest BCUT2D eigenvalue weighted by Gasteiger charge is -2.12. The molecule has 0 unspecified atom stereocenters. The highest BCUT2D eigenvalue weighted by Gasteiger charge is 2.09. The first-order valence-corrected chi connectivity index (χ1v) is 14.3. The van der Waals surface area contributed by atoms with Crippen LogP contribution in [0.1, 0.15) is 50.7 Å². The molecule has 0 heterocycles. The molecule has 38 heavy (non-hydrogen) atoms. The lowest BCUT2D eigenvalue weighted by molar-refractivity contribution is 0.795. The topological polar surface area (TPSA) is 0 Å². The van der Waals surface area contributed by atoms with E-state index in [0.29, 0.717) is 0 Å². The summed E-state index contributed by atoms with van der Waals surface area (Å²) < 4.78 is 0. The Balaban J connectivity index is 1.41. The Bertz CT molecular complexity index is 1570. The molecule has 0 saturated heterocycles. The molecule has 0 radical (unpaired) electrons. The minimum absolute atomic E-state index is 1.16. The van der Waals surface area contributed by atoms with Gasteiger partial charge in [0.05, 0.1) is 0 Å². The van der Waals surface area contributed by atoms with Crippen LogP contribution in [0.25, 0.3) is 54.6 Å². The first kappa shape index (κ1) is 24.4. The van der Waals surface area contributed by atoms with Gasteiger partial charge in [0.2, 0.25) is 0 Å². The summed E-state index contributed by atoms with van der Waals surface area (Å²) in [5.74, 6) is 0. The summed E-state index contributed by atoms with van der Waals surface area (Å²) in [5.41, 5.74) is 8.00. The van der Waals surface area contributed by atoms with Gasteiger partial charge in [-0.25, -0.2) is 0 Å². The molecule has 0 spiro atoms. The highest BCUT2D eigenvalue weighted by Crippen LogP contribution is 2.35. The van der Waals surface area contributed by atoms with Gasteiger partial charge in [0.1, 0.15) is 0 Å². The van der Waals surface area contributed by atoms with Gasteiger partial charge in [0, 0.05) is 0 Å². The van der Waals surface area contributed by atoms with Crippen LogP contribution in [0, 0.1) is 0 Å². The molecule has 0 bridgehead atoms. The zero-order valence-electron chi connectivity index (χ0n) is 22.6. The van der Waals surface area contributed by atoms with E-state index in [-0.39, 0.29) is 0 Å². The molecule has 0 nitrogen and oxygen atoms in total. The lowest BCUT2D eigenvalue weighted by atomic mass is 9.92. The second kappa shape index (κ2) is 10.8. The van der Waals surface area contributed by atoms with Crippen LogP contribution in [0.2, 0.25) is 0 Å². The SMILES string of the molecule is CCCCc1ccc(-c2ccc3ccc4c5cc(-c6ccc(CCCC)cc6)ccc5ccc4c3c2)cc1. The van der Waals surface area contributed by atoms with E-state index in [9.17, 15) is 0 Å². The Hall–Kier alpha value is -3.90. The minimum Gasteiger partial charge on any atom is -0.0654 e. The van der Waals surface area contributed by atoms with Crippen molar-refractivity contribution in [3.63, 3.8) is 0 Å². The molecular weight excluding hydrogens is 456 g/mol. The van der Waals surface area contributed by atoms with Crippen molar-refractivity contribution in [2.75, 3.05) is 0 Å². The third kappa shape index (κ3) is 4.84. The molecule has 6 aromatic carbocycles. The van der Waals surface area contributed by atoms with E-state index in [2.05, 4.69) is 123 Å². The number of rotatable bonds is 8. The molecule has 0 heteroatoms. The van der Waals surface area contributed by atoms with Gasteiger partial charge in [0.25, 0.3) is 0 Å². The fourth-order valence-electron chi connectivity index (χ4n) is 5.71. The van der Waals surface area contributed by atoms with Gasteiger partial charge in [-0.2, -0.15) is 0 Å². The monoisotopic (exact) mass is 492 g/mol. The van der Waals surface area contributed by atoms with E-state index in [4.69, 9.17) is 0 Å². The molecule has 0 fully saturated rings. The maximum Gasteiger partial charge on any atom is -0.00987 e. The fraction of sp³-hybridized carbons (Fsp3) is 0.211. The second-order valence-electron chi connectivity index (χ2n) is 10.7. The Morgan fingerprint density at radius 2 is 0.737 bits per heavy atom. The lowest BCUT2D eigenvalue weighted by Crippen LogP contribution is -1.87. The predicted octanol–water partition coefficient (Wildman–Crippen LogP) is 11.2. The first-order chi connectivity index (χ1) is 18.7. The average molecular weight is 493 g/mol. The van der Waals surface area contributed by atoms with Gasteiger partial charge in [-0.15, -0.1) is 0 Å². The summed E-state index contributed by atoms with van der Waals surface area (Å²) >= 11 is 0. The van der Waals surface area contributed by atoms with E-state index in [1.165, 1.54) is 91.4 Å². The van der Waals surface area contributed by atoms with Crippen molar-refractivity contribution >= 4 is 32.3 Å². The molecule has 188 valence electrons. The highest BCUT2D eigenvalue weighted by molar-refractivity contribution is 6.18. The van der Waals surface area contributed by atoms with Crippen molar-refractivity contribution in [2.45, 2.75) is 52.4 Å². The molecule has 0 aliphatic heterocycles. The van der Waals surface area contributed by atoms with Crippen molar-refractivity contribution < 1.29 is 0 Å². The largest absolute Gasteiger partial charge is 0.0654 e. The molecule has 0 saturated carbocycles. The molecule has 0 aromatic heterocycles. The first-order valence-electron chi connectivity index (χ1n) is 14.3. The Kier molecular flexibility index (Phi) is 6.97. The molecule has 0 aliphatic carbocycles. The molecule has 0 N–H and O–H groups in total. The van der Waals surface area contributed by atoms with Crippen LogP contribution in [0.3, 0.4) is 0 Å². The zero-order chi connectivity index (χ0) is 25.9. The van der Waals surface area contributed by atoms with Crippen molar-refractivity contribution in [1.29, 1.82) is 0 Å². The summed E-state index contributed by atoms with van der Waals surface area (Å²) in [6, 6.07) is 41.3. The third-order valence-electron chi connectivity index (χ3n) is 8.05. The van der Waals surface area contributed by atoms with E-state index >= 15 is 0 Å². The summed E-state index contributed by atoms with van der Waals surface area (Å²) in [4.78, 5) is 0. The number of hydrogen-bond acceptors (Lipinski definition) is 0. The minimum atomic E-state index is 1.16. The average Bonchev–Trinajstić information content (AvgIpc) is 2.98. The standard InChI is InChI=1S/C38H36/c1-3-5-7-27-9-13-29(14-10-27)33-19-17-31-21-24-36-35(37(31)25-33)23-22-32-18-20-34(26-38(32)36)30-15-11-28(12-16-30)8-6-4-2/h9-26H,3-8H2,1-2H3. The molecular formula is C38H36. The van der Waals surface area contributed by atoms with Crippen LogP contribution in [0.4, 0.5) is 0 Å². The molecule has 6 rings (SSSR count). The number of aryl methyl sites for hydroxylation is 2. The third-order valence-corrected chi connectivity index (χ3v) is 8.05. The van der Waals surface area contributed by atoms with Crippen molar-refractivity contribution in [3.8, 4) is 22.3 Å². The Morgan fingerprint density at radius 1 is 0.368 bits per heavy atom. The normalized spacial score (nSPS) is 11.5. The van der Waals surface area contributed by atoms with Gasteiger partial charge >= 0.3 is 0 Å². The van der Waals surface area contributed by atoms with Crippen LogP contribution in [-0.4, -0.2) is 0 Å². The van der Waals surface area contributed by atoms with E-state index in [0.717, 1.165) is 12.8 Å².